The second-order valence-electron chi connectivity index (χ2n) is 5.40. The molecule has 1 rings (SSSR count). The Morgan fingerprint density at radius 2 is 1.60 bits per heavy atom. The van der Waals surface area contributed by atoms with Crippen LogP contribution in [0.3, 0.4) is 0 Å². The van der Waals surface area contributed by atoms with Crippen molar-refractivity contribution in [2.75, 3.05) is 0 Å². The van der Waals surface area contributed by atoms with Crippen LogP contribution in [0.1, 0.15) is 74.2 Å². The predicted molar refractivity (Wildman–Crippen MR) is 87.3 cm³/mol. The number of hydrogen-bond acceptors (Lipinski definition) is 1. The lowest BCUT2D eigenvalue weighted by atomic mass is 10.0. The van der Waals surface area contributed by atoms with Crippen LogP contribution in [0.2, 0.25) is 0 Å². The number of aldehydes is 1. The van der Waals surface area contributed by atoms with Gasteiger partial charge in [-0.25, -0.2) is 0 Å². The minimum atomic E-state index is 0.813. The Morgan fingerprint density at radius 3 is 2.35 bits per heavy atom. The van der Waals surface area contributed by atoms with Gasteiger partial charge >= 0.3 is 0 Å². The van der Waals surface area contributed by atoms with Gasteiger partial charge in [0.1, 0.15) is 6.29 Å². The number of allylic oxidation sites excluding steroid dienone is 2. The summed E-state index contributed by atoms with van der Waals surface area (Å²) in [6.45, 7) is 2.26. The zero-order valence-electron chi connectivity index (χ0n) is 12.8. The van der Waals surface area contributed by atoms with E-state index in [0.29, 0.717) is 0 Å². The Kier molecular flexibility index (Phi) is 9.56. The van der Waals surface area contributed by atoms with Crippen molar-refractivity contribution in [2.24, 2.45) is 0 Å². The number of unbranched alkanes of at least 4 members (excludes halogenated alkanes) is 7. The zero-order valence-corrected chi connectivity index (χ0v) is 12.8. The third-order valence-corrected chi connectivity index (χ3v) is 3.66. The van der Waals surface area contributed by atoms with E-state index in [1.54, 1.807) is 0 Å². The molecule has 1 aromatic rings. The van der Waals surface area contributed by atoms with E-state index in [1.807, 2.05) is 24.3 Å². The highest BCUT2D eigenvalue weighted by molar-refractivity contribution is 5.77. The van der Waals surface area contributed by atoms with Gasteiger partial charge < -0.3 is 0 Å². The molecule has 1 aromatic carbocycles. The van der Waals surface area contributed by atoms with Gasteiger partial charge in [0, 0.05) is 5.56 Å². The maximum atomic E-state index is 10.9. The van der Waals surface area contributed by atoms with E-state index in [-0.39, 0.29) is 0 Å². The van der Waals surface area contributed by atoms with Crippen LogP contribution in [0.4, 0.5) is 0 Å². The number of carbonyl (C=O) groups is 1. The summed E-state index contributed by atoms with van der Waals surface area (Å²) in [5.74, 6) is 0. The van der Waals surface area contributed by atoms with E-state index in [2.05, 4.69) is 19.1 Å². The average molecular weight is 272 g/mol. The topological polar surface area (TPSA) is 17.1 Å². The molecule has 0 atom stereocenters. The van der Waals surface area contributed by atoms with Gasteiger partial charge in [0.05, 0.1) is 0 Å². The van der Waals surface area contributed by atoms with Crippen molar-refractivity contribution in [1.82, 2.24) is 0 Å². The van der Waals surface area contributed by atoms with Crippen LogP contribution < -0.4 is 0 Å². The molecule has 0 saturated carbocycles. The molecule has 0 aliphatic rings. The summed E-state index contributed by atoms with van der Waals surface area (Å²) >= 11 is 0. The summed E-state index contributed by atoms with van der Waals surface area (Å²) in [5.41, 5.74) is 1.94. The molecule has 0 unspecified atom stereocenters. The average Bonchev–Trinajstić information content (AvgIpc) is 2.49. The fourth-order valence-electron chi connectivity index (χ4n) is 2.38. The fourth-order valence-corrected chi connectivity index (χ4v) is 2.38. The molecule has 0 aliphatic carbocycles. The highest BCUT2D eigenvalue weighted by atomic mass is 16.1. The SMILES string of the molecule is CCCCCCCCCC=CCc1ccccc1C=O. The predicted octanol–water partition coefficient (Wildman–Crippen LogP) is 5.74. The van der Waals surface area contributed by atoms with Crippen LogP contribution in [-0.4, -0.2) is 6.29 Å². The van der Waals surface area contributed by atoms with Crippen LogP contribution in [0.15, 0.2) is 36.4 Å². The van der Waals surface area contributed by atoms with Crippen molar-refractivity contribution in [3.8, 4) is 0 Å². The van der Waals surface area contributed by atoms with Crippen LogP contribution in [0, 0.1) is 0 Å². The first-order valence-corrected chi connectivity index (χ1v) is 8.06. The molecular formula is C19H28O. The fraction of sp³-hybridized carbons (Fsp3) is 0.526. The summed E-state index contributed by atoms with van der Waals surface area (Å²) in [6.07, 6.45) is 16.9. The van der Waals surface area contributed by atoms with Crippen molar-refractivity contribution in [1.29, 1.82) is 0 Å². The molecule has 0 N–H and O–H groups in total. The summed E-state index contributed by atoms with van der Waals surface area (Å²) in [4.78, 5) is 10.9. The summed E-state index contributed by atoms with van der Waals surface area (Å²) in [6, 6.07) is 7.82. The zero-order chi connectivity index (χ0) is 14.5. The number of carbonyl (C=O) groups excluding carboxylic acids is 1. The van der Waals surface area contributed by atoms with Gasteiger partial charge in [0.2, 0.25) is 0 Å². The van der Waals surface area contributed by atoms with E-state index >= 15 is 0 Å². The highest BCUT2D eigenvalue weighted by Gasteiger charge is 1.97. The first-order valence-electron chi connectivity index (χ1n) is 8.06. The summed E-state index contributed by atoms with van der Waals surface area (Å²) in [5, 5.41) is 0. The Bertz CT molecular complexity index is 393. The Balaban J connectivity index is 2.09. The summed E-state index contributed by atoms with van der Waals surface area (Å²) in [7, 11) is 0. The second kappa shape index (κ2) is 11.5. The van der Waals surface area contributed by atoms with Gasteiger partial charge in [0.25, 0.3) is 0 Å². The third kappa shape index (κ3) is 7.28. The smallest absolute Gasteiger partial charge is 0.150 e. The van der Waals surface area contributed by atoms with Crippen molar-refractivity contribution < 1.29 is 4.79 Å². The van der Waals surface area contributed by atoms with Crippen LogP contribution in [0.5, 0.6) is 0 Å². The van der Waals surface area contributed by atoms with Gasteiger partial charge in [-0.1, -0.05) is 81.9 Å². The first-order chi connectivity index (χ1) is 9.88. The molecular weight excluding hydrogens is 244 g/mol. The largest absolute Gasteiger partial charge is 0.298 e. The van der Waals surface area contributed by atoms with Gasteiger partial charge in [-0.15, -0.1) is 0 Å². The molecule has 0 saturated heterocycles. The van der Waals surface area contributed by atoms with Gasteiger partial charge in [-0.2, -0.15) is 0 Å². The van der Waals surface area contributed by atoms with Crippen molar-refractivity contribution in [2.45, 2.75) is 64.7 Å². The lowest BCUT2D eigenvalue weighted by Gasteiger charge is -2.00. The molecule has 0 radical (unpaired) electrons. The molecule has 0 aliphatic heterocycles. The molecule has 20 heavy (non-hydrogen) atoms. The maximum Gasteiger partial charge on any atom is 0.150 e. The number of hydrogen-bond donors (Lipinski definition) is 0. The molecule has 0 heterocycles. The minimum Gasteiger partial charge on any atom is -0.298 e. The standard InChI is InChI=1S/C19H28O/c1-2-3-4-5-6-7-8-9-10-11-14-18-15-12-13-16-19(18)17-20/h10-13,15-17H,2-9,14H2,1H3. The lowest BCUT2D eigenvalue weighted by molar-refractivity contribution is 0.112. The Morgan fingerprint density at radius 1 is 0.900 bits per heavy atom. The van der Waals surface area contributed by atoms with Gasteiger partial charge in [-0.05, 0) is 24.8 Å². The van der Waals surface area contributed by atoms with E-state index in [0.717, 1.165) is 30.3 Å². The highest BCUT2D eigenvalue weighted by Crippen LogP contribution is 2.10. The van der Waals surface area contributed by atoms with Crippen LogP contribution in [-0.2, 0) is 6.42 Å². The van der Waals surface area contributed by atoms with E-state index in [9.17, 15) is 4.79 Å². The van der Waals surface area contributed by atoms with Crippen LogP contribution >= 0.6 is 0 Å². The van der Waals surface area contributed by atoms with Gasteiger partial charge in [-0.3, -0.25) is 4.79 Å². The molecule has 0 spiro atoms. The number of rotatable bonds is 11. The lowest BCUT2D eigenvalue weighted by Crippen LogP contribution is -1.89. The van der Waals surface area contributed by atoms with Crippen molar-refractivity contribution in [3.63, 3.8) is 0 Å². The molecule has 1 heteroatoms. The van der Waals surface area contributed by atoms with E-state index in [1.165, 1.54) is 44.9 Å². The normalized spacial score (nSPS) is 11.1. The molecule has 0 bridgehead atoms. The molecule has 0 fully saturated rings. The van der Waals surface area contributed by atoms with Crippen molar-refractivity contribution in [3.05, 3.63) is 47.5 Å². The third-order valence-electron chi connectivity index (χ3n) is 3.66. The second-order valence-corrected chi connectivity index (χ2v) is 5.40. The molecule has 0 amide bonds. The summed E-state index contributed by atoms with van der Waals surface area (Å²) < 4.78 is 0. The van der Waals surface area contributed by atoms with E-state index < -0.39 is 0 Å². The molecule has 1 nitrogen and oxygen atoms in total. The van der Waals surface area contributed by atoms with Gasteiger partial charge in [0.15, 0.2) is 0 Å². The quantitative estimate of drug-likeness (QED) is 0.285. The maximum absolute atomic E-state index is 10.9. The number of benzene rings is 1. The monoisotopic (exact) mass is 272 g/mol. The molecule has 0 aromatic heterocycles. The van der Waals surface area contributed by atoms with Crippen LogP contribution in [0.25, 0.3) is 0 Å². The Hall–Kier alpha value is -1.37. The Labute approximate surface area is 124 Å². The minimum absolute atomic E-state index is 0.813. The van der Waals surface area contributed by atoms with Crippen molar-refractivity contribution >= 4 is 6.29 Å². The first kappa shape index (κ1) is 16.7. The molecule has 110 valence electrons. The van der Waals surface area contributed by atoms with E-state index in [4.69, 9.17) is 0 Å².